The van der Waals surface area contributed by atoms with Gasteiger partial charge in [0.05, 0.1) is 0 Å². The fourth-order valence-corrected chi connectivity index (χ4v) is 3.78. The number of phenolic OH excluding ortho intramolecular Hbond substituents is 1. The Labute approximate surface area is 225 Å². The van der Waals surface area contributed by atoms with Crippen LogP contribution in [0.1, 0.15) is 57.4 Å². The van der Waals surface area contributed by atoms with Gasteiger partial charge in [-0.05, 0) is 70.0 Å². The molecule has 0 spiro atoms. The number of benzene rings is 2. The standard InChI is InChI=1S/C30H37N3O5/c1-8-18-33(26(27(35)31-20(3)4)23-14-10-21(9-2)11-15-23)28(36)25(32-29(37)38-30(5,6)7)19-22-12-16-24(34)17-13-22/h2,8,10-17,20,25-26,34H,1,18-19H2,3-7H3,(H,31,35)(H,32,37). The number of nitrogens with one attached hydrogen (secondary N) is 2. The average Bonchev–Trinajstić information content (AvgIpc) is 2.83. The Kier molecular flexibility index (Phi) is 10.5. The van der Waals surface area contributed by atoms with Crippen LogP contribution in [-0.4, -0.2) is 52.1 Å². The molecule has 202 valence electrons. The average molecular weight is 520 g/mol. The minimum atomic E-state index is -1.08. The third-order valence-electron chi connectivity index (χ3n) is 5.36. The van der Waals surface area contributed by atoms with Crippen LogP contribution in [0, 0.1) is 12.3 Å². The fraction of sp³-hybridized carbons (Fsp3) is 0.367. The Hall–Kier alpha value is -4.25. The molecule has 8 nitrogen and oxygen atoms in total. The predicted octanol–water partition coefficient (Wildman–Crippen LogP) is 4.09. The molecule has 0 radical (unpaired) electrons. The molecule has 0 aliphatic carbocycles. The second-order valence-electron chi connectivity index (χ2n) is 10.2. The molecule has 0 aliphatic rings. The van der Waals surface area contributed by atoms with Crippen LogP contribution in [0.25, 0.3) is 0 Å². The molecule has 0 heterocycles. The first-order valence-corrected chi connectivity index (χ1v) is 12.4. The molecule has 0 aliphatic heterocycles. The van der Waals surface area contributed by atoms with E-state index in [0.717, 1.165) is 0 Å². The first-order chi connectivity index (χ1) is 17.8. The molecule has 2 rings (SSSR count). The second kappa shape index (κ2) is 13.3. The first-order valence-electron chi connectivity index (χ1n) is 12.4. The lowest BCUT2D eigenvalue weighted by molar-refractivity contribution is -0.142. The summed E-state index contributed by atoms with van der Waals surface area (Å²) in [5.74, 6) is 1.73. The third-order valence-corrected chi connectivity index (χ3v) is 5.36. The van der Waals surface area contributed by atoms with E-state index in [-0.39, 0.29) is 30.7 Å². The smallest absolute Gasteiger partial charge is 0.408 e. The number of phenols is 1. The summed E-state index contributed by atoms with van der Waals surface area (Å²) in [7, 11) is 0. The molecular formula is C30H37N3O5. The van der Waals surface area contributed by atoms with Crippen molar-refractivity contribution in [2.45, 2.75) is 64.8 Å². The van der Waals surface area contributed by atoms with Gasteiger partial charge in [-0.25, -0.2) is 4.79 Å². The Bertz CT molecular complexity index is 1160. The van der Waals surface area contributed by atoms with E-state index in [2.05, 4.69) is 23.1 Å². The van der Waals surface area contributed by atoms with E-state index in [1.165, 1.54) is 23.1 Å². The molecule has 2 aromatic rings. The van der Waals surface area contributed by atoms with Crippen molar-refractivity contribution < 1.29 is 24.2 Å². The van der Waals surface area contributed by atoms with Crippen molar-refractivity contribution in [3.05, 3.63) is 77.9 Å². The number of aromatic hydroxyl groups is 1. The number of terminal acetylenes is 1. The van der Waals surface area contributed by atoms with Crippen LogP contribution in [-0.2, 0) is 20.7 Å². The molecule has 0 saturated carbocycles. The fourth-order valence-electron chi connectivity index (χ4n) is 3.78. The third kappa shape index (κ3) is 9.00. The number of alkyl carbamates (subject to hydrolysis) is 1. The summed E-state index contributed by atoms with van der Waals surface area (Å²) in [6.07, 6.45) is 6.35. The summed E-state index contributed by atoms with van der Waals surface area (Å²) in [5, 5.41) is 15.2. The minimum Gasteiger partial charge on any atom is -0.508 e. The lowest BCUT2D eigenvalue weighted by Crippen LogP contribution is -2.54. The van der Waals surface area contributed by atoms with Crippen molar-refractivity contribution >= 4 is 17.9 Å². The number of hydrogen-bond donors (Lipinski definition) is 3. The second-order valence-corrected chi connectivity index (χ2v) is 10.2. The summed E-state index contributed by atoms with van der Waals surface area (Å²) >= 11 is 0. The zero-order valence-electron chi connectivity index (χ0n) is 22.7. The van der Waals surface area contributed by atoms with Crippen LogP contribution in [0.15, 0.2) is 61.2 Å². The molecule has 2 unspecified atom stereocenters. The molecular weight excluding hydrogens is 482 g/mol. The lowest BCUT2D eigenvalue weighted by Gasteiger charge is -2.34. The van der Waals surface area contributed by atoms with Gasteiger partial charge >= 0.3 is 6.09 Å². The van der Waals surface area contributed by atoms with Crippen molar-refractivity contribution in [2.24, 2.45) is 0 Å². The van der Waals surface area contributed by atoms with E-state index < -0.39 is 29.7 Å². The highest BCUT2D eigenvalue weighted by Crippen LogP contribution is 2.24. The van der Waals surface area contributed by atoms with Gasteiger partial charge in [0.1, 0.15) is 23.4 Å². The highest BCUT2D eigenvalue weighted by atomic mass is 16.6. The molecule has 8 heteroatoms. The Morgan fingerprint density at radius 2 is 1.68 bits per heavy atom. The molecule has 0 fully saturated rings. The number of nitrogens with zero attached hydrogens (tertiary/aromatic N) is 1. The van der Waals surface area contributed by atoms with Crippen LogP contribution >= 0.6 is 0 Å². The van der Waals surface area contributed by atoms with Gasteiger partial charge in [0.2, 0.25) is 11.8 Å². The number of ether oxygens (including phenoxy) is 1. The van der Waals surface area contributed by atoms with Crippen LogP contribution in [0.3, 0.4) is 0 Å². The quantitative estimate of drug-likeness (QED) is 0.324. The van der Waals surface area contributed by atoms with Gasteiger partial charge in [-0.15, -0.1) is 13.0 Å². The van der Waals surface area contributed by atoms with Crippen molar-refractivity contribution in [1.82, 2.24) is 15.5 Å². The van der Waals surface area contributed by atoms with Crippen molar-refractivity contribution in [3.8, 4) is 18.1 Å². The molecule has 3 amide bonds. The summed E-state index contributed by atoms with van der Waals surface area (Å²) in [5.41, 5.74) is 1.10. The zero-order valence-corrected chi connectivity index (χ0v) is 22.7. The topological polar surface area (TPSA) is 108 Å². The number of amides is 3. The SMILES string of the molecule is C#Cc1ccc(C(C(=O)NC(C)C)N(CC=C)C(=O)C(Cc2ccc(O)cc2)NC(=O)OC(C)(C)C)cc1. The van der Waals surface area contributed by atoms with E-state index in [1.807, 2.05) is 13.8 Å². The maximum absolute atomic E-state index is 14.1. The first kappa shape index (κ1) is 30.0. The number of carbonyl (C=O) groups is 3. The van der Waals surface area contributed by atoms with Crippen molar-refractivity contribution in [1.29, 1.82) is 0 Å². The van der Waals surface area contributed by atoms with E-state index in [9.17, 15) is 19.5 Å². The van der Waals surface area contributed by atoms with Gasteiger partial charge in [0, 0.05) is 24.6 Å². The molecule has 3 N–H and O–H groups in total. The largest absolute Gasteiger partial charge is 0.508 e. The molecule has 0 aromatic heterocycles. The van der Waals surface area contributed by atoms with Gasteiger partial charge in [0.15, 0.2) is 0 Å². The van der Waals surface area contributed by atoms with E-state index in [4.69, 9.17) is 11.2 Å². The van der Waals surface area contributed by atoms with Gasteiger partial charge in [-0.2, -0.15) is 0 Å². The Morgan fingerprint density at radius 1 is 1.08 bits per heavy atom. The predicted molar refractivity (Wildman–Crippen MR) is 147 cm³/mol. The normalized spacial score (nSPS) is 12.6. The maximum atomic E-state index is 14.1. The highest BCUT2D eigenvalue weighted by molar-refractivity contribution is 5.92. The van der Waals surface area contributed by atoms with Crippen LogP contribution in [0.5, 0.6) is 5.75 Å². The summed E-state index contributed by atoms with van der Waals surface area (Å²) in [6, 6.07) is 10.9. The maximum Gasteiger partial charge on any atom is 0.408 e. The van der Waals surface area contributed by atoms with Crippen LogP contribution in [0.4, 0.5) is 4.79 Å². The number of hydrogen-bond acceptors (Lipinski definition) is 5. The minimum absolute atomic E-state index is 0.0357. The summed E-state index contributed by atoms with van der Waals surface area (Å²) in [4.78, 5) is 41.6. The van der Waals surface area contributed by atoms with Crippen LogP contribution in [0.2, 0.25) is 0 Å². The monoisotopic (exact) mass is 519 g/mol. The van der Waals surface area contributed by atoms with Crippen molar-refractivity contribution in [3.63, 3.8) is 0 Å². The molecule has 38 heavy (non-hydrogen) atoms. The van der Waals surface area contributed by atoms with Crippen LogP contribution < -0.4 is 10.6 Å². The Morgan fingerprint density at radius 3 is 2.18 bits per heavy atom. The van der Waals surface area contributed by atoms with Gasteiger partial charge < -0.3 is 25.4 Å². The molecule has 2 aromatic carbocycles. The van der Waals surface area contributed by atoms with Crippen molar-refractivity contribution in [2.75, 3.05) is 6.54 Å². The van der Waals surface area contributed by atoms with E-state index >= 15 is 0 Å². The number of rotatable bonds is 10. The van der Waals surface area contributed by atoms with E-state index in [0.29, 0.717) is 16.7 Å². The van der Waals surface area contributed by atoms with Gasteiger partial charge in [-0.3, -0.25) is 9.59 Å². The van der Waals surface area contributed by atoms with Gasteiger partial charge in [-0.1, -0.05) is 36.3 Å². The number of carbonyl (C=O) groups excluding carboxylic acids is 3. The molecule has 2 atom stereocenters. The Balaban J connectivity index is 2.53. The van der Waals surface area contributed by atoms with E-state index in [1.54, 1.807) is 57.2 Å². The summed E-state index contributed by atoms with van der Waals surface area (Å²) in [6.45, 7) is 12.6. The lowest BCUT2D eigenvalue weighted by atomic mass is 9.99. The zero-order chi connectivity index (χ0) is 28.5. The molecule has 0 saturated heterocycles. The summed E-state index contributed by atoms with van der Waals surface area (Å²) < 4.78 is 5.41. The molecule has 0 bridgehead atoms. The highest BCUT2D eigenvalue weighted by Gasteiger charge is 2.36. The van der Waals surface area contributed by atoms with Gasteiger partial charge in [0.25, 0.3) is 0 Å².